The van der Waals surface area contributed by atoms with E-state index in [4.69, 9.17) is 5.73 Å². The van der Waals surface area contributed by atoms with Crippen molar-refractivity contribution in [1.29, 1.82) is 0 Å². The minimum Gasteiger partial charge on any atom is -0.351 e. The molecule has 6 nitrogen and oxygen atoms in total. The summed E-state index contributed by atoms with van der Waals surface area (Å²) in [6.45, 7) is 1.90. The standard InChI is InChI=1S/C18H17BrN4O2/c1-10(11-3-6-14(7-4-11)22-18(20)25)21-17(24)16-8-12-2-5-13(19)9-15(12)23-16/h2-10,23H,1H3,(H,21,24)(H3,20,22,25). The van der Waals surface area contributed by atoms with Crippen LogP contribution in [0.3, 0.4) is 0 Å². The number of nitrogens with two attached hydrogens (primary N) is 1. The fourth-order valence-electron chi connectivity index (χ4n) is 2.58. The van der Waals surface area contributed by atoms with Crippen molar-refractivity contribution < 1.29 is 9.59 Å². The van der Waals surface area contributed by atoms with Crippen molar-refractivity contribution in [2.45, 2.75) is 13.0 Å². The van der Waals surface area contributed by atoms with Gasteiger partial charge < -0.3 is 21.4 Å². The lowest BCUT2D eigenvalue weighted by molar-refractivity contribution is 0.0935. The van der Waals surface area contributed by atoms with Crippen molar-refractivity contribution in [2.75, 3.05) is 5.32 Å². The molecule has 0 radical (unpaired) electrons. The normalized spacial score (nSPS) is 11.9. The van der Waals surface area contributed by atoms with Crippen LogP contribution in [-0.2, 0) is 0 Å². The van der Waals surface area contributed by atoms with Crippen LogP contribution < -0.4 is 16.4 Å². The van der Waals surface area contributed by atoms with E-state index in [0.717, 1.165) is 20.9 Å². The van der Waals surface area contributed by atoms with E-state index in [1.54, 1.807) is 12.1 Å². The van der Waals surface area contributed by atoms with Crippen LogP contribution in [0, 0.1) is 0 Å². The van der Waals surface area contributed by atoms with Gasteiger partial charge in [0.05, 0.1) is 6.04 Å². The molecule has 25 heavy (non-hydrogen) atoms. The van der Waals surface area contributed by atoms with E-state index in [-0.39, 0.29) is 11.9 Å². The zero-order valence-corrected chi connectivity index (χ0v) is 15.1. The molecule has 0 saturated carbocycles. The Morgan fingerprint density at radius 3 is 2.52 bits per heavy atom. The van der Waals surface area contributed by atoms with E-state index in [0.29, 0.717) is 11.4 Å². The summed E-state index contributed by atoms with van der Waals surface area (Å²) in [5.74, 6) is -0.181. The van der Waals surface area contributed by atoms with Gasteiger partial charge in [-0.3, -0.25) is 4.79 Å². The molecule has 1 heterocycles. The van der Waals surface area contributed by atoms with Gasteiger partial charge in [0.1, 0.15) is 5.69 Å². The van der Waals surface area contributed by atoms with Crippen molar-refractivity contribution in [1.82, 2.24) is 10.3 Å². The molecule has 0 aliphatic rings. The first-order chi connectivity index (χ1) is 11.9. The number of amides is 3. The molecule has 7 heteroatoms. The molecule has 1 unspecified atom stereocenters. The molecule has 3 aromatic rings. The Balaban J connectivity index is 1.71. The molecule has 2 aromatic carbocycles. The van der Waals surface area contributed by atoms with Crippen molar-refractivity contribution in [3.8, 4) is 0 Å². The maximum Gasteiger partial charge on any atom is 0.316 e. The lowest BCUT2D eigenvalue weighted by Crippen LogP contribution is -2.27. The molecule has 3 rings (SSSR count). The number of benzene rings is 2. The van der Waals surface area contributed by atoms with E-state index >= 15 is 0 Å². The molecule has 0 spiro atoms. The molecule has 128 valence electrons. The van der Waals surface area contributed by atoms with Gasteiger partial charge in [0.25, 0.3) is 5.91 Å². The summed E-state index contributed by atoms with van der Waals surface area (Å²) in [7, 11) is 0. The third-order valence-corrected chi connectivity index (χ3v) is 4.35. The highest BCUT2D eigenvalue weighted by molar-refractivity contribution is 9.10. The van der Waals surface area contributed by atoms with E-state index in [2.05, 4.69) is 31.5 Å². The minimum absolute atomic E-state index is 0.181. The van der Waals surface area contributed by atoms with Gasteiger partial charge in [0.2, 0.25) is 0 Å². The number of H-pyrrole nitrogens is 1. The summed E-state index contributed by atoms with van der Waals surface area (Å²) in [6.07, 6.45) is 0. The molecule has 0 bridgehead atoms. The van der Waals surface area contributed by atoms with Gasteiger partial charge in [-0.2, -0.15) is 0 Å². The molecule has 0 fully saturated rings. The van der Waals surface area contributed by atoms with Crippen LogP contribution in [0.4, 0.5) is 10.5 Å². The minimum atomic E-state index is -0.612. The van der Waals surface area contributed by atoms with Crippen LogP contribution in [0.1, 0.15) is 29.0 Å². The number of carbonyl (C=O) groups excluding carboxylic acids is 2. The number of urea groups is 1. The van der Waals surface area contributed by atoms with Crippen LogP contribution in [0.15, 0.2) is 53.0 Å². The Morgan fingerprint density at radius 2 is 1.84 bits per heavy atom. The summed E-state index contributed by atoms with van der Waals surface area (Å²) in [5.41, 5.74) is 8.01. The average molecular weight is 401 g/mol. The van der Waals surface area contributed by atoms with Gasteiger partial charge in [0.15, 0.2) is 0 Å². The van der Waals surface area contributed by atoms with Crippen LogP contribution >= 0.6 is 15.9 Å². The van der Waals surface area contributed by atoms with E-state index in [9.17, 15) is 9.59 Å². The summed E-state index contributed by atoms with van der Waals surface area (Å²) in [6, 6.07) is 14.0. The maximum atomic E-state index is 12.5. The highest BCUT2D eigenvalue weighted by Gasteiger charge is 2.14. The number of anilines is 1. The zero-order chi connectivity index (χ0) is 18.0. The fourth-order valence-corrected chi connectivity index (χ4v) is 2.94. The molecule has 3 amide bonds. The maximum absolute atomic E-state index is 12.5. The second-order valence-corrected chi connectivity index (χ2v) is 6.64. The van der Waals surface area contributed by atoms with Crippen molar-refractivity contribution >= 4 is 44.5 Å². The zero-order valence-electron chi connectivity index (χ0n) is 13.5. The van der Waals surface area contributed by atoms with Crippen molar-refractivity contribution in [2.24, 2.45) is 5.73 Å². The number of fused-ring (bicyclic) bond motifs is 1. The van der Waals surface area contributed by atoms with Gasteiger partial charge in [-0.1, -0.05) is 34.1 Å². The number of halogens is 1. The number of aromatic nitrogens is 1. The van der Waals surface area contributed by atoms with Gasteiger partial charge in [-0.15, -0.1) is 0 Å². The van der Waals surface area contributed by atoms with E-state index in [1.165, 1.54) is 0 Å². The molecule has 1 atom stereocenters. The Bertz CT molecular complexity index is 934. The van der Waals surface area contributed by atoms with Gasteiger partial charge in [-0.25, -0.2) is 4.79 Å². The number of hydrogen-bond acceptors (Lipinski definition) is 2. The summed E-state index contributed by atoms with van der Waals surface area (Å²) < 4.78 is 0.951. The van der Waals surface area contributed by atoms with E-state index in [1.807, 2.05) is 43.3 Å². The fraction of sp³-hybridized carbons (Fsp3) is 0.111. The Kier molecular flexibility index (Phi) is 4.76. The molecule has 1 aromatic heterocycles. The molecule has 0 aliphatic heterocycles. The summed E-state index contributed by atoms with van der Waals surface area (Å²) in [5, 5.41) is 6.43. The number of primary amides is 1. The number of nitrogens with one attached hydrogen (secondary N) is 3. The average Bonchev–Trinajstić information content (AvgIpc) is 2.98. The second kappa shape index (κ2) is 6.98. The SMILES string of the molecule is CC(NC(=O)c1cc2ccc(Br)cc2[nH]1)c1ccc(NC(N)=O)cc1. The molecule has 0 saturated heterocycles. The summed E-state index contributed by atoms with van der Waals surface area (Å²) >= 11 is 3.42. The first-order valence-corrected chi connectivity index (χ1v) is 8.47. The van der Waals surface area contributed by atoms with Crippen molar-refractivity contribution in [3.05, 3.63) is 64.3 Å². The van der Waals surface area contributed by atoms with Crippen LogP contribution in [0.25, 0.3) is 10.9 Å². The topological polar surface area (TPSA) is 100 Å². The summed E-state index contributed by atoms with van der Waals surface area (Å²) in [4.78, 5) is 26.4. The van der Waals surface area contributed by atoms with Gasteiger partial charge in [0, 0.05) is 21.1 Å². The first kappa shape index (κ1) is 17.0. The van der Waals surface area contributed by atoms with Gasteiger partial charge in [-0.05, 0) is 42.8 Å². The molecule has 5 N–H and O–H groups in total. The lowest BCUT2D eigenvalue weighted by Gasteiger charge is -2.14. The van der Waals surface area contributed by atoms with Crippen LogP contribution in [0.2, 0.25) is 0 Å². The lowest BCUT2D eigenvalue weighted by atomic mass is 10.1. The smallest absolute Gasteiger partial charge is 0.316 e. The molecular weight excluding hydrogens is 384 g/mol. The number of carbonyl (C=O) groups is 2. The predicted molar refractivity (Wildman–Crippen MR) is 102 cm³/mol. The number of hydrogen-bond donors (Lipinski definition) is 4. The number of aromatic amines is 1. The van der Waals surface area contributed by atoms with Crippen LogP contribution in [0.5, 0.6) is 0 Å². The monoisotopic (exact) mass is 400 g/mol. The first-order valence-electron chi connectivity index (χ1n) is 7.68. The van der Waals surface area contributed by atoms with Gasteiger partial charge >= 0.3 is 6.03 Å². The third kappa shape index (κ3) is 4.00. The second-order valence-electron chi connectivity index (χ2n) is 5.72. The highest BCUT2D eigenvalue weighted by Crippen LogP contribution is 2.21. The molecule has 0 aliphatic carbocycles. The third-order valence-electron chi connectivity index (χ3n) is 3.85. The number of rotatable bonds is 4. The Labute approximate surface area is 152 Å². The highest BCUT2D eigenvalue weighted by atomic mass is 79.9. The predicted octanol–water partition coefficient (Wildman–Crippen LogP) is 3.91. The Hall–Kier alpha value is -2.80. The van der Waals surface area contributed by atoms with Crippen LogP contribution in [-0.4, -0.2) is 16.9 Å². The molecular formula is C18H17BrN4O2. The quantitative estimate of drug-likeness (QED) is 0.533. The largest absolute Gasteiger partial charge is 0.351 e. The Morgan fingerprint density at radius 1 is 1.12 bits per heavy atom. The van der Waals surface area contributed by atoms with Crippen molar-refractivity contribution in [3.63, 3.8) is 0 Å². The van der Waals surface area contributed by atoms with E-state index < -0.39 is 6.03 Å².